The SMILES string of the molecule is c1ccc(-c2cc(-c3cccc(-c4n[nH]c5c4CCCC5)n3)[nH]n2)cc1. The standard InChI is InChI=1S/C21H19N5/c1-2-7-14(8-3-1)19-13-20(25-24-19)17-11-6-12-18(22-17)21-15-9-4-5-10-16(15)23-26-21/h1-3,6-8,11-13H,4-5,9-10H2,(H,23,26)(H,24,25). The van der Waals surface area contributed by atoms with Gasteiger partial charge in [-0.05, 0) is 43.9 Å². The predicted octanol–water partition coefficient (Wildman–Crippen LogP) is 4.41. The second kappa shape index (κ2) is 6.26. The third-order valence-electron chi connectivity index (χ3n) is 4.97. The number of aromatic nitrogens is 5. The van der Waals surface area contributed by atoms with E-state index in [1.165, 1.54) is 24.1 Å². The minimum Gasteiger partial charge on any atom is -0.282 e. The Balaban J connectivity index is 1.51. The van der Waals surface area contributed by atoms with Crippen LogP contribution in [0.25, 0.3) is 34.0 Å². The molecule has 0 fully saturated rings. The van der Waals surface area contributed by atoms with Crippen molar-refractivity contribution in [3.05, 3.63) is 65.9 Å². The molecule has 0 amide bonds. The smallest absolute Gasteiger partial charge is 0.114 e. The molecule has 2 N–H and O–H groups in total. The van der Waals surface area contributed by atoms with Crippen molar-refractivity contribution in [2.24, 2.45) is 0 Å². The van der Waals surface area contributed by atoms with E-state index in [4.69, 9.17) is 4.98 Å². The van der Waals surface area contributed by atoms with Crippen molar-refractivity contribution in [3.8, 4) is 34.0 Å². The minimum absolute atomic E-state index is 0.879. The quantitative estimate of drug-likeness (QED) is 0.580. The van der Waals surface area contributed by atoms with Crippen molar-refractivity contribution in [1.82, 2.24) is 25.4 Å². The average molecular weight is 341 g/mol. The monoisotopic (exact) mass is 341 g/mol. The van der Waals surface area contributed by atoms with Gasteiger partial charge in [-0.15, -0.1) is 0 Å². The molecule has 0 saturated heterocycles. The second-order valence-electron chi connectivity index (χ2n) is 6.68. The van der Waals surface area contributed by atoms with Gasteiger partial charge in [0.05, 0.1) is 22.8 Å². The van der Waals surface area contributed by atoms with Crippen LogP contribution in [0.1, 0.15) is 24.1 Å². The Hall–Kier alpha value is -3.21. The van der Waals surface area contributed by atoms with Crippen LogP contribution in [-0.4, -0.2) is 25.4 Å². The minimum atomic E-state index is 0.879. The summed E-state index contributed by atoms with van der Waals surface area (Å²) < 4.78 is 0. The fourth-order valence-corrected chi connectivity index (χ4v) is 3.62. The summed E-state index contributed by atoms with van der Waals surface area (Å²) in [5.74, 6) is 0. The number of nitrogens with one attached hydrogen (secondary N) is 2. The normalized spacial score (nSPS) is 13.5. The highest BCUT2D eigenvalue weighted by Crippen LogP contribution is 2.30. The van der Waals surface area contributed by atoms with Crippen LogP contribution < -0.4 is 0 Å². The van der Waals surface area contributed by atoms with Crippen molar-refractivity contribution >= 4 is 0 Å². The molecule has 3 aromatic heterocycles. The number of nitrogens with zero attached hydrogens (tertiary/aromatic N) is 3. The number of benzene rings is 1. The van der Waals surface area contributed by atoms with E-state index in [9.17, 15) is 0 Å². The van der Waals surface area contributed by atoms with E-state index in [-0.39, 0.29) is 0 Å². The zero-order valence-electron chi connectivity index (χ0n) is 14.4. The first-order valence-corrected chi connectivity index (χ1v) is 9.03. The third-order valence-corrected chi connectivity index (χ3v) is 4.97. The highest BCUT2D eigenvalue weighted by Gasteiger charge is 2.19. The Morgan fingerprint density at radius 3 is 2.50 bits per heavy atom. The van der Waals surface area contributed by atoms with E-state index in [1.54, 1.807) is 0 Å². The first-order chi connectivity index (χ1) is 12.9. The molecule has 1 aliphatic rings. The van der Waals surface area contributed by atoms with Gasteiger partial charge < -0.3 is 0 Å². The molecular weight excluding hydrogens is 322 g/mol. The Labute approximate surface area is 151 Å². The van der Waals surface area contributed by atoms with Crippen molar-refractivity contribution < 1.29 is 0 Å². The first-order valence-electron chi connectivity index (χ1n) is 9.03. The van der Waals surface area contributed by atoms with Crippen LogP contribution in [-0.2, 0) is 12.8 Å². The van der Waals surface area contributed by atoms with E-state index in [0.717, 1.165) is 46.9 Å². The molecule has 3 heterocycles. The van der Waals surface area contributed by atoms with E-state index in [2.05, 4.69) is 32.5 Å². The fourth-order valence-electron chi connectivity index (χ4n) is 3.62. The van der Waals surface area contributed by atoms with Crippen LogP contribution in [0.2, 0.25) is 0 Å². The van der Waals surface area contributed by atoms with Crippen LogP contribution in [0.15, 0.2) is 54.6 Å². The molecule has 1 aromatic carbocycles. The summed E-state index contributed by atoms with van der Waals surface area (Å²) in [6.45, 7) is 0. The first kappa shape index (κ1) is 15.1. The van der Waals surface area contributed by atoms with Crippen molar-refractivity contribution in [2.45, 2.75) is 25.7 Å². The van der Waals surface area contributed by atoms with Crippen LogP contribution in [0.5, 0.6) is 0 Å². The topological polar surface area (TPSA) is 70.2 Å². The number of rotatable bonds is 3. The molecule has 0 atom stereocenters. The summed E-state index contributed by atoms with van der Waals surface area (Å²) in [5, 5.41) is 15.3. The van der Waals surface area contributed by atoms with Gasteiger partial charge in [0.25, 0.3) is 0 Å². The van der Waals surface area contributed by atoms with Gasteiger partial charge in [0.2, 0.25) is 0 Å². The third kappa shape index (κ3) is 2.62. The average Bonchev–Trinajstić information content (AvgIpc) is 3.36. The van der Waals surface area contributed by atoms with Gasteiger partial charge in [-0.2, -0.15) is 10.2 Å². The van der Waals surface area contributed by atoms with Crippen LogP contribution in [0, 0.1) is 0 Å². The number of hydrogen-bond acceptors (Lipinski definition) is 3. The Morgan fingerprint density at radius 2 is 1.58 bits per heavy atom. The highest BCUT2D eigenvalue weighted by molar-refractivity contribution is 5.69. The zero-order chi connectivity index (χ0) is 17.3. The molecule has 0 unspecified atom stereocenters. The zero-order valence-corrected chi connectivity index (χ0v) is 14.4. The Bertz CT molecular complexity index is 1050. The lowest BCUT2D eigenvalue weighted by Gasteiger charge is -2.11. The van der Waals surface area contributed by atoms with Crippen LogP contribution in [0.4, 0.5) is 0 Å². The summed E-state index contributed by atoms with van der Waals surface area (Å²) in [5.41, 5.74) is 8.31. The van der Waals surface area contributed by atoms with Gasteiger partial charge in [0.1, 0.15) is 5.69 Å². The molecule has 0 radical (unpaired) electrons. The molecule has 5 nitrogen and oxygen atoms in total. The van der Waals surface area contributed by atoms with Gasteiger partial charge in [0.15, 0.2) is 0 Å². The largest absolute Gasteiger partial charge is 0.282 e. The molecule has 128 valence electrons. The molecule has 0 bridgehead atoms. The molecule has 0 aliphatic heterocycles. The van der Waals surface area contributed by atoms with Crippen LogP contribution in [0.3, 0.4) is 0 Å². The number of fused-ring (bicyclic) bond motifs is 1. The number of H-pyrrole nitrogens is 2. The van der Waals surface area contributed by atoms with Gasteiger partial charge in [-0.25, -0.2) is 4.98 Å². The van der Waals surface area contributed by atoms with E-state index >= 15 is 0 Å². The van der Waals surface area contributed by atoms with E-state index < -0.39 is 0 Å². The number of hydrogen-bond donors (Lipinski definition) is 2. The Morgan fingerprint density at radius 1 is 0.731 bits per heavy atom. The molecule has 5 rings (SSSR count). The van der Waals surface area contributed by atoms with Gasteiger partial charge in [-0.3, -0.25) is 10.2 Å². The van der Waals surface area contributed by atoms with Crippen LogP contribution >= 0.6 is 0 Å². The molecule has 0 saturated carbocycles. The fraction of sp³-hybridized carbons (Fsp3) is 0.190. The summed E-state index contributed by atoms with van der Waals surface area (Å²) in [6.07, 6.45) is 4.62. The second-order valence-corrected chi connectivity index (χ2v) is 6.68. The lowest BCUT2D eigenvalue weighted by Crippen LogP contribution is -2.01. The maximum atomic E-state index is 4.85. The summed E-state index contributed by atoms with van der Waals surface area (Å²) >= 11 is 0. The van der Waals surface area contributed by atoms with Crippen molar-refractivity contribution in [1.29, 1.82) is 0 Å². The van der Waals surface area contributed by atoms with Crippen molar-refractivity contribution in [3.63, 3.8) is 0 Å². The summed E-state index contributed by atoms with van der Waals surface area (Å²) in [6, 6.07) is 18.3. The highest BCUT2D eigenvalue weighted by atomic mass is 15.1. The van der Waals surface area contributed by atoms with Gasteiger partial charge >= 0.3 is 0 Å². The summed E-state index contributed by atoms with van der Waals surface area (Å²) in [4.78, 5) is 4.85. The Kier molecular flexibility index (Phi) is 3.63. The van der Waals surface area contributed by atoms with E-state index in [1.807, 2.05) is 42.5 Å². The van der Waals surface area contributed by atoms with Gasteiger partial charge in [-0.1, -0.05) is 36.4 Å². The molecular formula is C21H19N5. The molecule has 1 aliphatic carbocycles. The lowest BCUT2D eigenvalue weighted by molar-refractivity contribution is 0.675. The maximum absolute atomic E-state index is 4.85. The number of aromatic amines is 2. The number of aryl methyl sites for hydroxylation is 1. The summed E-state index contributed by atoms with van der Waals surface area (Å²) in [7, 11) is 0. The van der Waals surface area contributed by atoms with Crippen molar-refractivity contribution in [2.75, 3.05) is 0 Å². The maximum Gasteiger partial charge on any atom is 0.114 e. The molecule has 26 heavy (non-hydrogen) atoms. The molecule has 0 spiro atoms. The van der Waals surface area contributed by atoms with Gasteiger partial charge in [0, 0.05) is 16.8 Å². The number of pyridine rings is 1. The predicted molar refractivity (Wildman–Crippen MR) is 101 cm³/mol. The van der Waals surface area contributed by atoms with E-state index in [0.29, 0.717) is 0 Å². The molecule has 5 heteroatoms. The lowest BCUT2D eigenvalue weighted by atomic mass is 9.95. The molecule has 4 aromatic rings.